The summed E-state index contributed by atoms with van der Waals surface area (Å²) in [6.07, 6.45) is 0.729. The molecule has 0 spiro atoms. The Labute approximate surface area is 166 Å². The molecule has 1 aliphatic heterocycles. The van der Waals surface area contributed by atoms with E-state index in [1.807, 2.05) is 56.1 Å². The first-order valence-electron chi connectivity index (χ1n) is 9.39. The summed E-state index contributed by atoms with van der Waals surface area (Å²) in [4.78, 5) is 26.6. The third kappa shape index (κ3) is 3.93. The van der Waals surface area contributed by atoms with Crippen LogP contribution in [0.5, 0.6) is 0 Å². The van der Waals surface area contributed by atoms with Gasteiger partial charge in [0.05, 0.1) is 17.7 Å². The van der Waals surface area contributed by atoms with Gasteiger partial charge in [-0.05, 0) is 20.8 Å². The van der Waals surface area contributed by atoms with Gasteiger partial charge in [-0.1, -0.05) is 30.3 Å². The van der Waals surface area contributed by atoms with Gasteiger partial charge in [0.25, 0.3) is 0 Å². The van der Waals surface area contributed by atoms with Crippen LogP contribution in [-0.2, 0) is 17.8 Å². The average Bonchev–Trinajstić information content (AvgIpc) is 2.72. The summed E-state index contributed by atoms with van der Waals surface area (Å²) in [6.45, 7) is 7.91. The molecule has 2 aromatic rings. The van der Waals surface area contributed by atoms with E-state index in [0.717, 1.165) is 41.4 Å². The summed E-state index contributed by atoms with van der Waals surface area (Å²) in [5, 5.41) is 0. The van der Waals surface area contributed by atoms with Crippen molar-refractivity contribution in [1.82, 2.24) is 14.9 Å². The van der Waals surface area contributed by atoms with E-state index in [2.05, 4.69) is 11.8 Å². The second-order valence-electron chi connectivity index (χ2n) is 7.67. The largest absolute Gasteiger partial charge is 0.360 e. The van der Waals surface area contributed by atoms with Gasteiger partial charge < -0.3 is 9.80 Å². The Hall–Kier alpha value is -2.14. The molecule has 144 valence electrons. The number of nitrogens with zero attached hydrogens (tertiary/aromatic N) is 4. The summed E-state index contributed by atoms with van der Waals surface area (Å²) in [6, 6.07) is 10.0. The Morgan fingerprint density at radius 2 is 1.96 bits per heavy atom. The highest BCUT2D eigenvalue weighted by atomic mass is 35.5. The van der Waals surface area contributed by atoms with Crippen LogP contribution in [0.15, 0.2) is 30.3 Å². The van der Waals surface area contributed by atoms with Gasteiger partial charge in [0, 0.05) is 43.6 Å². The number of hydrogen-bond donors (Lipinski definition) is 0. The summed E-state index contributed by atoms with van der Waals surface area (Å²) in [5.74, 6) is 2.04. The molecule has 1 aromatic carbocycles. The first kappa shape index (κ1) is 19.6. The number of benzene rings is 1. The standard InChI is InChI=1S/C21H27ClN4O/c1-5-25(4)19-16-13-26(20(27)21(2,3)14-22)12-11-17(16)23-18(24-19)15-9-7-6-8-10-15/h6-10H,5,11-14H2,1-4H3. The highest BCUT2D eigenvalue weighted by molar-refractivity contribution is 6.19. The van der Waals surface area contributed by atoms with E-state index in [9.17, 15) is 4.79 Å². The van der Waals surface area contributed by atoms with Crippen molar-refractivity contribution in [1.29, 1.82) is 0 Å². The fourth-order valence-electron chi connectivity index (χ4n) is 3.24. The van der Waals surface area contributed by atoms with Crippen LogP contribution in [0.25, 0.3) is 11.4 Å². The van der Waals surface area contributed by atoms with Crippen LogP contribution >= 0.6 is 11.6 Å². The Morgan fingerprint density at radius 1 is 1.26 bits per heavy atom. The molecule has 27 heavy (non-hydrogen) atoms. The van der Waals surface area contributed by atoms with Crippen LogP contribution in [0, 0.1) is 5.41 Å². The van der Waals surface area contributed by atoms with Crippen molar-refractivity contribution >= 4 is 23.3 Å². The van der Waals surface area contributed by atoms with Crippen molar-refractivity contribution in [2.45, 2.75) is 33.7 Å². The number of hydrogen-bond acceptors (Lipinski definition) is 4. The van der Waals surface area contributed by atoms with Crippen LogP contribution in [0.3, 0.4) is 0 Å². The number of fused-ring (bicyclic) bond motifs is 1. The maximum Gasteiger partial charge on any atom is 0.229 e. The van der Waals surface area contributed by atoms with Crippen molar-refractivity contribution in [3.8, 4) is 11.4 Å². The highest BCUT2D eigenvalue weighted by Gasteiger charge is 2.34. The number of alkyl halides is 1. The fourth-order valence-corrected chi connectivity index (χ4v) is 3.35. The Balaban J connectivity index is 2.01. The molecule has 0 fully saturated rings. The van der Waals surface area contributed by atoms with Crippen LogP contribution in [0.1, 0.15) is 32.0 Å². The lowest BCUT2D eigenvalue weighted by molar-refractivity contribution is -0.140. The average molecular weight is 387 g/mol. The summed E-state index contributed by atoms with van der Waals surface area (Å²) < 4.78 is 0. The maximum atomic E-state index is 12.9. The zero-order valence-corrected chi connectivity index (χ0v) is 17.3. The molecule has 0 N–H and O–H groups in total. The molecule has 2 heterocycles. The molecule has 0 unspecified atom stereocenters. The summed E-state index contributed by atoms with van der Waals surface area (Å²) in [7, 11) is 2.03. The minimum absolute atomic E-state index is 0.0837. The van der Waals surface area contributed by atoms with Gasteiger partial charge in [0.2, 0.25) is 5.91 Å². The molecule has 0 atom stereocenters. The molecule has 1 aliphatic rings. The van der Waals surface area contributed by atoms with E-state index in [4.69, 9.17) is 21.6 Å². The molecule has 0 radical (unpaired) electrons. The van der Waals surface area contributed by atoms with Crippen LogP contribution < -0.4 is 4.90 Å². The quantitative estimate of drug-likeness (QED) is 0.734. The lowest BCUT2D eigenvalue weighted by Crippen LogP contribution is -2.45. The van der Waals surface area contributed by atoms with E-state index in [1.54, 1.807) is 0 Å². The van der Waals surface area contributed by atoms with Crippen LogP contribution in [0.2, 0.25) is 0 Å². The second kappa shape index (κ2) is 7.85. The van der Waals surface area contributed by atoms with Crippen LogP contribution in [-0.4, -0.2) is 46.8 Å². The summed E-state index contributed by atoms with van der Waals surface area (Å²) >= 11 is 6.02. The molecule has 3 rings (SSSR count). The van der Waals surface area contributed by atoms with Crippen molar-refractivity contribution < 1.29 is 4.79 Å². The Morgan fingerprint density at radius 3 is 2.59 bits per heavy atom. The number of carbonyl (C=O) groups is 1. The fraction of sp³-hybridized carbons (Fsp3) is 0.476. The molecule has 1 aromatic heterocycles. The minimum Gasteiger partial charge on any atom is -0.360 e. The molecule has 1 amide bonds. The first-order valence-corrected chi connectivity index (χ1v) is 9.92. The third-order valence-electron chi connectivity index (χ3n) is 5.11. The zero-order chi connectivity index (χ0) is 19.6. The van der Waals surface area contributed by atoms with Crippen molar-refractivity contribution in [3.63, 3.8) is 0 Å². The molecular weight excluding hydrogens is 360 g/mol. The van der Waals surface area contributed by atoms with Crippen molar-refractivity contribution in [3.05, 3.63) is 41.6 Å². The molecular formula is C21H27ClN4O. The van der Waals surface area contributed by atoms with E-state index in [1.165, 1.54) is 0 Å². The van der Waals surface area contributed by atoms with Gasteiger partial charge in [0.15, 0.2) is 5.82 Å². The lowest BCUT2D eigenvalue weighted by atomic mass is 9.92. The van der Waals surface area contributed by atoms with E-state index < -0.39 is 5.41 Å². The van der Waals surface area contributed by atoms with Gasteiger partial charge >= 0.3 is 0 Å². The minimum atomic E-state index is -0.569. The highest BCUT2D eigenvalue weighted by Crippen LogP contribution is 2.31. The SMILES string of the molecule is CCN(C)c1nc(-c2ccccc2)nc2c1CN(C(=O)C(C)(C)CCl)CC2. The number of amides is 1. The zero-order valence-electron chi connectivity index (χ0n) is 16.5. The van der Waals surface area contributed by atoms with Gasteiger partial charge in [-0.25, -0.2) is 9.97 Å². The van der Waals surface area contributed by atoms with E-state index in [-0.39, 0.29) is 5.91 Å². The number of carbonyl (C=O) groups excluding carboxylic acids is 1. The maximum absolute atomic E-state index is 12.9. The molecule has 0 aliphatic carbocycles. The van der Waals surface area contributed by atoms with Crippen LogP contribution in [0.4, 0.5) is 5.82 Å². The Kier molecular flexibility index (Phi) is 5.70. The predicted octanol–water partition coefficient (Wildman–Crippen LogP) is 3.75. The number of halogens is 1. The lowest BCUT2D eigenvalue weighted by Gasteiger charge is -2.35. The monoisotopic (exact) mass is 386 g/mol. The van der Waals surface area contributed by atoms with Gasteiger partial charge in [-0.3, -0.25) is 4.79 Å². The molecule has 0 saturated carbocycles. The Bertz CT molecular complexity index is 822. The third-order valence-corrected chi connectivity index (χ3v) is 5.77. The first-order chi connectivity index (χ1) is 12.9. The smallest absolute Gasteiger partial charge is 0.229 e. The van der Waals surface area contributed by atoms with Gasteiger partial charge in [0.1, 0.15) is 5.82 Å². The van der Waals surface area contributed by atoms with Crippen molar-refractivity contribution in [2.24, 2.45) is 5.41 Å². The second-order valence-corrected chi connectivity index (χ2v) is 7.94. The number of aromatic nitrogens is 2. The number of rotatable bonds is 5. The normalized spacial score (nSPS) is 14.0. The van der Waals surface area contributed by atoms with Crippen molar-refractivity contribution in [2.75, 3.05) is 30.9 Å². The van der Waals surface area contributed by atoms with Gasteiger partial charge in [-0.15, -0.1) is 11.6 Å². The van der Waals surface area contributed by atoms with Gasteiger partial charge in [-0.2, -0.15) is 0 Å². The van der Waals surface area contributed by atoms with E-state index >= 15 is 0 Å². The van der Waals surface area contributed by atoms with E-state index in [0.29, 0.717) is 19.0 Å². The molecule has 5 nitrogen and oxygen atoms in total. The predicted molar refractivity (Wildman–Crippen MR) is 110 cm³/mol. The topological polar surface area (TPSA) is 49.3 Å². The summed E-state index contributed by atoms with van der Waals surface area (Å²) in [5.41, 5.74) is 2.52. The molecule has 6 heteroatoms. The molecule has 0 saturated heterocycles. The number of anilines is 1. The molecule has 0 bridgehead atoms.